The monoisotopic (exact) mass is 362 g/mol. The highest BCUT2D eigenvalue weighted by Gasteiger charge is 2.35. The normalized spacial score (nSPS) is 17.5. The Labute approximate surface area is 163 Å². The lowest BCUT2D eigenvalue weighted by atomic mass is 9.70. The highest BCUT2D eigenvalue weighted by molar-refractivity contribution is 5.38. The molecule has 1 unspecified atom stereocenters. The topological polar surface area (TPSA) is 43.2 Å². The molecule has 1 aliphatic heterocycles. The number of nitriles is 1. The molecule has 4 heteroatoms. The summed E-state index contributed by atoms with van der Waals surface area (Å²) in [5.74, 6) is 1.37. The quantitative estimate of drug-likeness (QED) is 0.744. The molecule has 0 aliphatic carbocycles. The predicted molar refractivity (Wildman–Crippen MR) is 111 cm³/mol. The fourth-order valence-electron chi connectivity index (χ4n) is 4.07. The minimum Gasteiger partial charge on any atom is -0.354 e. The van der Waals surface area contributed by atoms with Crippen molar-refractivity contribution in [3.63, 3.8) is 0 Å². The molecule has 0 N–H and O–H groups in total. The van der Waals surface area contributed by atoms with Gasteiger partial charge in [0.2, 0.25) is 0 Å². The summed E-state index contributed by atoms with van der Waals surface area (Å²) in [5, 5.41) is 10.0. The van der Waals surface area contributed by atoms with Crippen molar-refractivity contribution in [2.24, 2.45) is 5.92 Å². The molecule has 0 spiro atoms. The molecular weight excluding hydrogens is 332 g/mol. The number of piperazine rings is 1. The maximum atomic E-state index is 10.0. The van der Waals surface area contributed by atoms with E-state index in [1.54, 1.807) is 0 Å². The van der Waals surface area contributed by atoms with Crippen LogP contribution >= 0.6 is 0 Å². The van der Waals surface area contributed by atoms with Crippen molar-refractivity contribution in [2.75, 3.05) is 37.6 Å². The fraction of sp³-hybridized carbons (Fsp3) is 0.478. The number of pyridine rings is 1. The van der Waals surface area contributed by atoms with Crippen molar-refractivity contribution < 1.29 is 0 Å². The zero-order chi connectivity index (χ0) is 19.1. The molecule has 1 aromatic carbocycles. The van der Waals surface area contributed by atoms with Gasteiger partial charge in [-0.2, -0.15) is 5.26 Å². The standard InChI is InChI=1S/C23H30N4/c1-20(2)23(19-24,21-9-4-3-5-10-21)12-8-14-26-15-17-27(18-16-26)22-11-6-7-13-25-22/h3-7,9-11,13,20H,8,12,14-18H2,1-2H3. The van der Waals surface area contributed by atoms with Crippen molar-refractivity contribution in [1.29, 1.82) is 5.26 Å². The van der Waals surface area contributed by atoms with Crippen molar-refractivity contribution in [2.45, 2.75) is 32.1 Å². The molecule has 0 radical (unpaired) electrons. The van der Waals surface area contributed by atoms with Gasteiger partial charge in [-0.15, -0.1) is 0 Å². The van der Waals surface area contributed by atoms with E-state index in [1.807, 2.05) is 36.5 Å². The second-order valence-corrected chi connectivity index (χ2v) is 7.72. The first-order chi connectivity index (χ1) is 13.2. The summed E-state index contributed by atoms with van der Waals surface area (Å²) in [5.41, 5.74) is 0.763. The Bertz CT molecular complexity index is 730. The van der Waals surface area contributed by atoms with Gasteiger partial charge in [0.05, 0.1) is 11.5 Å². The Kier molecular flexibility index (Phi) is 6.47. The molecular formula is C23H30N4. The highest BCUT2D eigenvalue weighted by atomic mass is 15.3. The van der Waals surface area contributed by atoms with E-state index in [0.29, 0.717) is 5.92 Å². The van der Waals surface area contributed by atoms with Gasteiger partial charge in [-0.1, -0.05) is 50.2 Å². The van der Waals surface area contributed by atoms with Crippen molar-refractivity contribution in [1.82, 2.24) is 9.88 Å². The third-order valence-electron chi connectivity index (χ3n) is 5.87. The Hall–Kier alpha value is -2.38. The van der Waals surface area contributed by atoms with E-state index < -0.39 is 5.41 Å². The lowest BCUT2D eigenvalue weighted by molar-refractivity contribution is 0.238. The maximum Gasteiger partial charge on any atom is 0.128 e. The minimum absolute atomic E-state index is 0.297. The second kappa shape index (κ2) is 9.01. The van der Waals surface area contributed by atoms with E-state index in [4.69, 9.17) is 0 Å². The molecule has 142 valence electrons. The zero-order valence-electron chi connectivity index (χ0n) is 16.5. The fourth-order valence-corrected chi connectivity index (χ4v) is 4.07. The summed E-state index contributed by atoms with van der Waals surface area (Å²) in [6.45, 7) is 9.54. The number of rotatable bonds is 7. The number of hydrogen-bond donors (Lipinski definition) is 0. The summed E-state index contributed by atoms with van der Waals surface area (Å²) in [6, 6.07) is 19.1. The summed E-state index contributed by atoms with van der Waals surface area (Å²) in [6.07, 6.45) is 3.81. The second-order valence-electron chi connectivity index (χ2n) is 7.72. The Morgan fingerprint density at radius 2 is 1.74 bits per heavy atom. The highest BCUT2D eigenvalue weighted by Crippen LogP contribution is 2.36. The van der Waals surface area contributed by atoms with E-state index in [2.05, 4.69) is 52.9 Å². The van der Waals surface area contributed by atoms with E-state index in [-0.39, 0.29) is 0 Å². The van der Waals surface area contributed by atoms with Crippen LogP contribution in [0.5, 0.6) is 0 Å². The summed E-state index contributed by atoms with van der Waals surface area (Å²) in [4.78, 5) is 9.33. The first-order valence-electron chi connectivity index (χ1n) is 10.0. The van der Waals surface area contributed by atoms with E-state index in [9.17, 15) is 5.26 Å². The van der Waals surface area contributed by atoms with Crippen LogP contribution in [0.1, 0.15) is 32.3 Å². The molecule has 3 rings (SSSR count). The maximum absolute atomic E-state index is 10.0. The van der Waals surface area contributed by atoms with Gasteiger partial charge in [0.15, 0.2) is 0 Å². The average Bonchev–Trinajstić information content (AvgIpc) is 2.73. The van der Waals surface area contributed by atoms with Crippen LogP contribution in [-0.4, -0.2) is 42.6 Å². The van der Waals surface area contributed by atoms with Crippen LogP contribution in [0.2, 0.25) is 0 Å². The van der Waals surface area contributed by atoms with Gasteiger partial charge in [-0.05, 0) is 43.0 Å². The van der Waals surface area contributed by atoms with E-state index >= 15 is 0 Å². The Morgan fingerprint density at radius 1 is 1.04 bits per heavy atom. The Balaban J connectivity index is 1.54. The number of nitrogens with zero attached hydrogens (tertiary/aromatic N) is 4. The van der Waals surface area contributed by atoms with E-state index in [1.165, 1.54) is 0 Å². The van der Waals surface area contributed by atoms with Crippen LogP contribution in [0, 0.1) is 17.2 Å². The minimum atomic E-state index is -0.392. The summed E-state index contributed by atoms with van der Waals surface area (Å²) < 4.78 is 0. The predicted octanol–water partition coefficient (Wildman–Crippen LogP) is 4.10. The van der Waals surface area contributed by atoms with Crippen molar-refractivity contribution >= 4 is 5.82 Å². The number of anilines is 1. The summed E-state index contributed by atoms with van der Waals surface area (Å²) in [7, 11) is 0. The van der Waals surface area contributed by atoms with Crippen LogP contribution in [0.15, 0.2) is 54.7 Å². The Morgan fingerprint density at radius 3 is 2.33 bits per heavy atom. The first-order valence-corrected chi connectivity index (χ1v) is 10.0. The molecule has 1 aromatic heterocycles. The molecule has 0 saturated carbocycles. The number of hydrogen-bond acceptors (Lipinski definition) is 4. The third-order valence-corrected chi connectivity index (χ3v) is 5.87. The van der Waals surface area contributed by atoms with Gasteiger partial charge in [-0.25, -0.2) is 4.98 Å². The number of aromatic nitrogens is 1. The lowest BCUT2D eigenvalue weighted by Crippen LogP contribution is -2.47. The molecule has 2 heterocycles. The van der Waals surface area contributed by atoms with Gasteiger partial charge in [-0.3, -0.25) is 4.90 Å². The molecule has 1 aliphatic rings. The van der Waals surface area contributed by atoms with Crippen molar-refractivity contribution in [3.05, 3.63) is 60.3 Å². The first kappa shape index (κ1) is 19.4. The van der Waals surface area contributed by atoms with Crippen LogP contribution in [0.3, 0.4) is 0 Å². The van der Waals surface area contributed by atoms with Crippen LogP contribution < -0.4 is 4.90 Å². The molecule has 1 saturated heterocycles. The molecule has 0 bridgehead atoms. The molecule has 0 amide bonds. The smallest absolute Gasteiger partial charge is 0.128 e. The molecule has 1 atom stereocenters. The van der Waals surface area contributed by atoms with Crippen LogP contribution in [-0.2, 0) is 5.41 Å². The van der Waals surface area contributed by atoms with Gasteiger partial charge in [0.1, 0.15) is 5.82 Å². The van der Waals surface area contributed by atoms with Gasteiger partial charge >= 0.3 is 0 Å². The van der Waals surface area contributed by atoms with Gasteiger partial charge < -0.3 is 4.90 Å². The summed E-state index contributed by atoms with van der Waals surface area (Å²) >= 11 is 0. The van der Waals surface area contributed by atoms with Crippen LogP contribution in [0.25, 0.3) is 0 Å². The molecule has 27 heavy (non-hydrogen) atoms. The third kappa shape index (κ3) is 4.48. The lowest BCUT2D eigenvalue weighted by Gasteiger charge is -2.36. The van der Waals surface area contributed by atoms with Crippen molar-refractivity contribution in [3.8, 4) is 6.07 Å². The van der Waals surface area contributed by atoms with Crippen LogP contribution in [0.4, 0.5) is 5.82 Å². The molecule has 4 nitrogen and oxygen atoms in total. The molecule has 2 aromatic rings. The molecule has 1 fully saturated rings. The average molecular weight is 363 g/mol. The van der Waals surface area contributed by atoms with Gasteiger partial charge in [0, 0.05) is 32.4 Å². The largest absolute Gasteiger partial charge is 0.354 e. The number of benzene rings is 1. The zero-order valence-corrected chi connectivity index (χ0v) is 16.5. The van der Waals surface area contributed by atoms with Gasteiger partial charge in [0.25, 0.3) is 0 Å². The SMILES string of the molecule is CC(C)C(C#N)(CCCN1CCN(c2ccccn2)CC1)c1ccccc1. The van der Waals surface area contributed by atoms with E-state index in [0.717, 1.165) is 56.9 Å².